The molecule has 0 atom stereocenters. The largest absolute Gasteiger partial charge is 0.496 e. The predicted octanol–water partition coefficient (Wildman–Crippen LogP) is 4.56. The number of non-ortho nitro benzene ring substituents is 1. The fourth-order valence-corrected chi connectivity index (χ4v) is 2.92. The van der Waals surface area contributed by atoms with Crippen LogP contribution in [-0.4, -0.2) is 12.0 Å². The summed E-state index contributed by atoms with van der Waals surface area (Å²) in [6.07, 6.45) is 0. The standard InChI is InChI=1S/C19H16ClNO6/c1-10-11(2)19(22)27-17-8-18(15(20)7-14(10)17)26-9-12-6-13(21(23)24)4-5-16(12)25-3/h4-8H,9H2,1-3H3. The molecule has 1 heterocycles. The molecule has 0 saturated heterocycles. The highest BCUT2D eigenvalue weighted by Crippen LogP contribution is 2.33. The molecule has 8 heteroatoms. The molecule has 0 bridgehead atoms. The van der Waals surface area contributed by atoms with Crippen molar-refractivity contribution in [2.75, 3.05) is 7.11 Å². The van der Waals surface area contributed by atoms with Gasteiger partial charge < -0.3 is 13.9 Å². The van der Waals surface area contributed by atoms with E-state index < -0.39 is 10.5 Å². The van der Waals surface area contributed by atoms with Gasteiger partial charge in [-0.25, -0.2) is 4.79 Å². The first-order chi connectivity index (χ1) is 12.8. The van der Waals surface area contributed by atoms with E-state index in [9.17, 15) is 14.9 Å². The Morgan fingerprint density at radius 2 is 1.89 bits per heavy atom. The van der Waals surface area contributed by atoms with Gasteiger partial charge in [0.05, 0.1) is 17.1 Å². The number of benzene rings is 2. The fraction of sp³-hybridized carbons (Fsp3) is 0.211. The topological polar surface area (TPSA) is 91.8 Å². The van der Waals surface area contributed by atoms with Gasteiger partial charge in [-0.15, -0.1) is 0 Å². The monoisotopic (exact) mass is 389 g/mol. The molecule has 0 aliphatic rings. The number of ether oxygens (including phenoxy) is 2. The van der Waals surface area contributed by atoms with Crippen LogP contribution in [0.1, 0.15) is 16.7 Å². The molecule has 0 aliphatic carbocycles. The number of nitrogens with zero attached hydrogens (tertiary/aromatic N) is 1. The molecule has 0 fully saturated rings. The molecule has 1 aromatic heterocycles. The molecule has 140 valence electrons. The van der Waals surface area contributed by atoms with Gasteiger partial charge in [-0.3, -0.25) is 10.1 Å². The number of aryl methyl sites for hydroxylation is 1. The van der Waals surface area contributed by atoms with Crippen LogP contribution in [0.4, 0.5) is 5.69 Å². The SMILES string of the molecule is COc1ccc([N+](=O)[O-])cc1COc1cc2oc(=O)c(C)c(C)c2cc1Cl. The number of nitro groups is 1. The van der Waals surface area contributed by atoms with Gasteiger partial charge in [0.15, 0.2) is 0 Å². The molecule has 3 aromatic rings. The summed E-state index contributed by atoms with van der Waals surface area (Å²) in [6.45, 7) is 3.50. The minimum atomic E-state index is -0.494. The van der Waals surface area contributed by atoms with Crippen molar-refractivity contribution in [3.63, 3.8) is 0 Å². The van der Waals surface area contributed by atoms with Gasteiger partial charge in [-0.05, 0) is 31.5 Å². The van der Waals surface area contributed by atoms with Gasteiger partial charge >= 0.3 is 5.63 Å². The summed E-state index contributed by atoms with van der Waals surface area (Å²) in [5, 5.41) is 12.0. The van der Waals surface area contributed by atoms with Crippen LogP contribution in [-0.2, 0) is 6.61 Å². The number of fused-ring (bicyclic) bond motifs is 1. The van der Waals surface area contributed by atoms with Gasteiger partial charge in [0.2, 0.25) is 0 Å². The highest BCUT2D eigenvalue weighted by molar-refractivity contribution is 6.32. The van der Waals surface area contributed by atoms with E-state index in [1.807, 2.05) is 6.92 Å². The summed E-state index contributed by atoms with van der Waals surface area (Å²) in [6, 6.07) is 7.44. The number of hydrogen-bond acceptors (Lipinski definition) is 6. The molecular weight excluding hydrogens is 374 g/mol. The lowest BCUT2D eigenvalue weighted by molar-refractivity contribution is -0.385. The zero-order valence-electron chi connectivity index (χ0n) is 14.9. The van der Waals surface area contributed by atoms with E-state index in [0.29, 0.717) is 33.2 Å². The lowest BCUT2D eigenvalue weighted by Gasteiger charge is -2.12. The van der Waals surface area contributed by atoms with Crippen LogP contribution in [0.3, 0.4) is 0 Å². The molecule has 0 saturated carbocycles. The van der Waals surface area contributed by atoms with Gasteiger partial charge in [0, 0.05) is 34.7 Å². The summed E-state index contributed by atoms with van der Waals surface area (Å²) in [4.78, 5) is 22.4. The Morgan fingerprint density at radius 1 is 1.15 bits per heavy atom. The molecule has 7 nitrogen and oxygen atoms in total. The summed E-state index contributed by atoms with van der Waals surface area (Å²) >= 11 is 6.30. The smallest absolute Gasteiger partial charge is 0.339 e. The van der Waals surface area contributed by atoms with Gasteiger partial charge in [-0.1, -0.05) is 11.6 Å². The second kappa shape index (κ2) is 7.28. The normalized spacial score (nSPS) is 10.8. The zero-order chi connectivity index (χ0) is 19.7. The summed E-state index contributed by atoms with van der Waals surface area (Å²) in [7, 11) is 1.47. The van der Waals surface area contributed by atoms with Crippen LogP contribution in [0.15, 0.2) is 39.5 Å². The van der Waals surface area contributed by atoms with Crippen LogP contribution in [0, 0.1) is 24.0 Å². The van der Waals surface area contributed by atoms with Crippen molar-refractivity contribution < 1.29 is 18.8 Å². The summed E-state index contributed by atoms with van der Waals surface area (Å²) in [5.74, 6) is 0.750. The Labute approximate surface area is 159 Å². The quantitative estimate of drug-likeness (QED) is 0.361. The zero-order valence-corrected chi connectivity index (χ0v) is 15.6. The maximum Gasteiger partial charge on any atom is 0.339 e. The molecule has 0 unspecified atom stereocenters. The molecular formula is C19H16ClNO6. The van der Waals surface area contributed by atoms with E-state index in [0.717, 1.165) is 10.9 Å². The highest BCUT2D eigenvalue weighted by Gasteiger charge is 2.15. The Balaban J connectivity index is 1.97. The average Bonchev–Trinajstić information content (AvgIpc) is 2.65. The van der Waals surface area contributed by atoms with Crippen molar-refractivity contribution in [1.82, 2.24) is 0 Å². The third kappa shape index (κ3) is 3.59. The Bertz CT molecular complexity index is 1110. The third-order valence-electron chi connectivity index (χ3n) is 4.37. The molecule has 27 heavy (non-hydrogen) atoms. The minimum Gasteiger partial charge on any atom is -0.496 e. The second-order valence-corrected chi connectivity index (χ2v) is 6.37. The molecule has 0 radical (unpaired) electrons. The van der Waals surface area contributed by atoms with E-state index in [-0.39, 0.29) is 12.3 Å². The first-order valence-corrected chi connectivity index (χ1v) is 8.37. The lowest BCUT2D eigenvalue weighted by atomic mass is 10.1. The number of rotatable bonds is 5. The van der Waals surface area contributed by atoms with Crippen LogP contribution in [0.2, 0.25) is 5.02 Å². The Kier molecular flexibility index (Phi) is 5.05. The number of hydrogen-bond donors (Lipinski definition) is 0. The average molecular weight is 390 g/mol. The van der Waals surface area contributed by atoms with E-state index in [1.54, 1.807) is 13.0 Å². The maximum absolute atomic E-state index is 11.9. The van der Waals surface area contributed by atoms with Crippen molar-refractivity contribution in [3.05, 3.63) is 72.6 Å². The lowest BCUT2D eigenvalue weighted by Crippen LogP contribution is -2.06. The molecule has 0 aliphatic heterocycles. The summed E-state index contributed by atoms with van der Waals surface area (Å²) < 4.78 is 16.2. The first kappa shape index (κ1) is 18.7. The maximum atomic E-state index is 11.9. The fourth-order valence-electron chi connectivity index (χ4n) is 2.70. The van der Waals surface area contributed by atoms with E-state index in [2.05, 4.69) is 0 Å². The van der Waals surface area contributed by atoms with Gasteiger partial charge in [0.25, 0.3) is 5.69 Å². The number of nitro benzene ring substituents is 1. The predicted molar refractivity (Wildman–Crippen MR) is 101 cm³/mol. The van der Waals surface area contributed by atoms with Crippen molar-refractivity contribution in [1.29, 1.82) is 0 Å². The van der Waals surface area contributed by atoms with Gasteiger partial charge in [0.1, 0.15) is 23.7 Å². The molecule has 0 amide bonds. The third-order valence-corrected chi connectivity index (χ3v) is 4.66. The highest BCUT2D eigenvalue weighted by atomic mass is 35.5. The van der Waals surface area contributed by atoms with Crippen LogP contribution in [0.25, 0.3) is 11.0 Å². The second-order valence-electron chi connectivity index (χ2n) is 5.96. The summed E-state index contributed by atoms with van der Waals surface area (Å²) in [5.41, 5.74) is 1.66. The molecule has 0 spiro atoms. The molecule has 0 N–H and O–H groups in total. The van der Waals surface area contributed by atoms with Crippen molar-refractivity contribution in [3.8, 4) is 11.5 Å². The number of methoxy groups -OCH3 is 1. The van der Waals surface area contributed by atoms with Crippen molar-refractivity contribution in [2.24, 2.45) is 0 Å². The van der Waals surface area contributed by atoms with Crippen molar-refractivity contribution in [2.45, 2.75) is 20.5 Å². The van der Waals surface area contributed by atoms with E-state index >= 15 is 0 Å². The Hall–Kier alpha value is -3.06. The van der Waals surface area contributed by atoms with Crippen LogP contribution in [0.5, 0.6) is 11.5 Å². The van der Waals surface area contributed by atoms with Crippen LogP contribution < -0.4 is 15.1 Å². The van der Waals surface area contributed by atoms with E-state index in [4.69, 9.17) is 25.5 Å². The number of halogens is 1. The molecule has 3 rings (SSSR count). The van der Waals surface area contributed by atoms with Crippen LogP contribution >= 0.6 is 11.6 Å². The minimum absolute atomic E-state index is 0.00877. The van der Waals surface area contributed by atoms with E-state index in [1.165, 1.54) is 31.4 Å². The van der Waals surface area contributed by atoms with Crippen molar-refractivity contribution >= 4 is 28.3 Å². The van der Waals surface area contributed by atoms with Gasteiger partial charge in [-0.2, -0.15) is 0 Å². The first-order valence-electron chi connectivity index (χ1n) is 7.99. The Morgan fingerprint density at radius 3 is 2.56 bits per heavy atom. The molecule has 2 aromatic carbocycles.